The predicted molar refractivity (Wildman–Crippen MR) is 149 cm³/mol. The van der Waals surface area contributed by atoms with E-state index < -0.39 is 22.4 Å². The summed E-state index contributed by atoms with van der Waals surface area (Å²) in [7, 11) is 2.39. The molecular formula is C26H33N5O5S2. The molecule has 1 aliphatic rings. The van der Waals surface area contributed by atoms with Gasteiger partial charge in [-0.25, -0.2) is 4.98 Å². The summed E-state index contributed by atoms with van der Waals surface area (Å²) in [5.41, 5.74) is 3.11. The maximum absolute atomic E-state index is 13.2. The maximum atomic E-state index is 13.2. The zero-order valence-corrected chi connectivity index (χ0v) is 23.5. The molecular weight excluding hydrogens is 526 g/mol. The van der Waals surface area contributed by atoms with Crippen LogP contribution < -0.4 is 14.9 Å². The molecule has 0 saturated heterocycles. The van der Waals surface area contributed by atoms with Crippen LogP contribution in [0, 0.1) is 0 Å². The highest BCUT2D eigenvalue weighted by molar-refractivity contribution is 7.99. The van der Waals surface area contributed by atoms with Crippen molar-refractivity contribution >= 4 is 39.1 Å². The van der Waals surface area contributed by atoms with Crippen LogP contribution in [0.5, 0.6) is 0 Å². The Morgan fingerprint density at radius 2 is 1.95 bits per heavy atom. The largest absolute Gasteiger partial charge is 0.371 e. The lowest BCUT2D eigenvalue weighted by molar-refractivity contribution is -0.123. The Labute approximate surface area is 227 Å². The van der Waals surface area contributed by atoms with Gasteiger partial charge in [-0.1, -0.05) is 42.5 Å². The van der Waals surface area contributed by atoms with Crippen LogP contribution in [0.4, 0.5) is 11.4 Å². The summed E-state index contributed by atoms with van der Waals surface area (Å²) in [6.07, 6.45) is 2.97. The summed E-state index contributed by atoms with van der Waals surface area (Å²) in [6, 6.07) is 14.9. The fraction of sp³-hybridized carbons (Fsp3) is 0.385. The molecule has 2 N–H and O–H groups in total. The number of benzene rings is 2. The van der Waals surface area contributed by atoms with Gasteiger partial charge in [0.15, 0.2) is 6.29 Å². The zero-order chi connectivity index (χ0) is 27.3. The minimum Gasteiger partial charge on any atom is -0.371 e. The number of para-hydroxylation sites is 1. The first-order valence-electron chi connectivity index (χ1n) is 12.1. The first kappa shape index (κ1) is 28.0. The molecule has 1 aliphatic heterocycles. The van der Waals surface area contributed by atoms with Gasteiger partial charge in [-0.3, -0.25) is 9.10 Å². The van der Waals surface area contributed by atoms with Gasteiger partial charge < -0.3 is 24.7 Å². The second kappa shape index (κ2) is 12.2. The number of nitrogens with zero attached hydrogens (tertiary/aromatic N) is 3. The number of hydrogen-bond donors (Lipinski definition) is 2. The van der Waals surface area contributed by atoms with E-state index >= 15 is 0 Å². The van der Waals surface area contributed by atoms with Gasteiger partial charge in [-0.05, 0) is 17.2 Å². The number of ether oxygens (including phenoxy) is 2. The summed E-state index contributed by atoms with van der Waals surface area (Å²) >= 11 is 1.65. The van der Waals surface area contributed by atoms with Crippen molar-refractivity contribution in [1.29, 1.82) is 0 Å². The van der Waals surface area contributed by atoms with Crippen molar-refractivity contribution in [3.05, 3.63) is 72.1 Å². The molecule has 2 aromatic carbocycles. The average Bonchev–Trinajstić information content (AvgIpc) is 3.57. The normalized spacial score (nSPS) is 15.7. The number of hydrogen-bond acceptors (Lipinski definition) is 8. The first-order chi connectivity index (χ1) is 18.3. The van der Waals surface area contributed by atoms with Gasteiger partial charge in [0.1, 0.15) is 6.04 Å². The number of imidazole rings is 1. The van der Waals surface area contributed by atoms with E-state index in [4.69, 9.17) is 9.47 Å². The first-order valence-corrected chi connectivity index (χ1v) is 14.6. The summed E-state index contributed by atoms with van der Waals surface area (Å²) in [6.45, 7) is 0.345. The summed E-state index contributed by atoms with van der Waals surface area (Å²) < 4.78 is 40.0. The number of sulfonamides is 1. The number of anilines is 2. The van der Waals surface area contributed by atoms with E-state index in [-0.39, 0.29) is 16.3 Å². The number of aromatic nitrogens is 2. The molecule has 10 nitrogen and oxygen atoms in total. The Morgan fingerprint density at radius 1 is 1.21 bits per heavy atom. The molecule has 3 aromatic rings. The topological polar surface area (TPSA) is 115 Å². The van der Waals surface area contributed by atoms with E-state index in [0.29, 0.717) is 24.3 Å². The highest BCUT2D eigenvalue weighted by Crippen LogP contribution is 2.37. The number of rotatable bonds is 12. The van der Waals surface area contributed by atoms with E-state index in [1.807, 2.05) is 24.3 Å². The summed E-state index contributed by atoms with van der Waals surface area (Å²) in [4.78, 5) is 17.2. The molecule has 0 aliphatic carbocycles. The van der Waals surface area contributed by atoms with Crippen molar-refractivity contribution in [1.82, 2.24) is 14.9 Å². The second-order valence-corrected chi connectivity index (χ2v) is 12.0. The molecule has 0 spiro atoms. The van der Waals surface area contributed by atoms with Crippen molar-refractivity contribution < 1.29 is 22.7 Å². The molecule has 0 radical (unpaired) electrons. The molecule has 0 saturated carbocycles. The number of carbonyl (C=O) groups is 1. The lowest BCUT2D eigenvalue weighted by atomic mass is 10.1. The van der Waals surface area contributed by atoms with Crippen molar-refractivity contribution in [3.8, 4) is 0 Å². The molecule has 2 atom stereocenters. The molecule has 1 aromatic heterocycles. The lowest BCUT2D eigenvalue weighted by Gasteiger charge is -2.25. The van der Waals surface area contributed by atoms with Crippen molar-refractivity contribution in [3.63, 3.8) is 0 Å². The Morgan fingerprint density at radius 3 is 2.61 bits per heavy atom. The minimum absolute atomic E-state index is 0.0604. The quantitative estimate of drug-likeness (QED) is 0.326. The standard InChI is InChI=1S/C26H33N5O5S2/c1-30-14-13-27-26(30)38(33,34)31(2)21-12-8-11-19-15-20(29-23(19)21)24(32)28-16-22(25(35-3)36-4)37-17-18-9-6-5-7-10-18/h5-14,20,22,25,29H,15-17H2,1-4H3,(H,28,32). The number of fused-ring (bicyclic) bond motifs is 1. The second-order valence-electron chi connectivity index (χ2n) is 8.93. The third kappa shape index (κ3) is 5.98. The monoisotopic (exact) mass is 559 g/mol. The van der Waals surface area contributed by atoms with Gasteiger partial charge in [-0.2, -0.15) is 8.42 Å². The van der Waals surface area contributed by atoms with E-state index in [9.17, 15) is 13.2 Å². The molecule has 204 valence electrons. The number of nitrogens with one attached hydrogen (secondary N) is 2. The SMILES string of the molecule is COC(OC)C(CNC(=O)C1Cc2cccc(N(C)S(=O)(=O)c3nccn3C)c2N1)SCc1ccccc1. The van der Waals surface area contributed by atoms with E-state index in [2.05, 4.69) is 27.8 Å². The Bertz CT molecular complexity index is 1350. The summed E-state index contributed by atoms with van der Waals surface area (Å²) in [5.74, 6) is 0.566. The highest BCUT2D eigenvalue weighted by Gasteiger charge is 2.33. The summed E-state index contributed by atoms with van der Waals surface area (Å²) in [5, 5.41) is 6.07. The molecule has 2 unspecified atom stereocenters. The lowest BCUT2D eigenvalue weighted by Crippen LogP contribution is -2.44. The number of carbonyl (C=O) groups excluding carboxylic acids is 1. The van der Waals surface area contributed by atoms with Crippen LogP contribution in [0.15, 0.2) is 66.1 Å². The van der Waals surface area contributed by atoms with Gasteiger partial charge in [0.2, 0.25) is 11.1 Å². The van der Waals surface area contributed by atoms with Crippen LogP contribution in [0.1, 0.15) is 11.1 Å². The van der Waals surface area contributed by atoms with E-state index in [1.165, 1.54) is 27.7 Å². The van der Waals surface area contributed by atoms with Crippen LogP contribution in [-0.2, 0) is 43.5 Å². The average molecular weight is 560 g/mol. The smallest absolute Gasteiger partial charge is 0.298 e. The molecule has 4 rings (SSSR count). The Hall–Kier alpha value is -3.06. The van der Waals surface area contributed by atoms with Gasteiger partial charge in [0, 0.05) is 59.4 Å². The van der Waals surface area contributed by atoms with Crippen LogP contribution in [-0.4, -0.2) is 69.3 Å². The number of methoxy groups -OCH3 is 2. The molecule has 1 amide bonds. The third-order valence-electron chi connectivity index (χ3n) is 6.45. The molecule has 38 heavy (non-hydrogen) atoms. The molecule has 2 heterocycles. The van der Waals surface area contributed by atoms with Crippen LogP contribution in [0.3, 0.4) is 0 Å². The fourth-order valence-electron chi connectivity index (χ4n) is 4.38. The Balaban J connectivity index is 1.43. The van der Waals surface area contributed by atoms with Crippen molar-refractivity contribution in [2.45, 2.75) is 34.9 Å². The highest BCUT2D eigenvalue weighted by atomic mass is 32.2. The van der Waals surface area contributed by atoms with Crippen molar-refractivity contribution in [2.24, 2.45) is 7.05 Å². The fourth-order valence-corrected chi connectivity index (χ4v) is 6.83. The van der Waals surface area contributed by atoms with Crippen LogP contribution in [0.2, 0.25) is 0 Å². The van der Waals surface area contributed by atoms with Crippen molar-refractivity contribution in [2.75, 3.05) is 37.4 Å². The van der Waals surface area contributed by atoms with Gasteiger partial charge in [-0.15, -0.1) is 11.8 Å². The zero-order valence-electron chi connectivity index (χ0n) is 21.8. The molecule has 12 heteroatoms. The van der Waals surface area contributed by atoms with Crippen LogP contribution in [0.25, 0.3) is 0 Å². The predicted octanol–water partition coefficient (Wildman–Crippen LogP) is 2.62. The third-order valence-corrected chi connectivity index (χ3v) is 9.54. The Kier molecular flexibility index (Phi) is 8.98. The maximum Gasteiger partial charge on any atom is 0.298 e. The molecule has 0 fully saturated rings. The minimum atomic E-state index is -3.89. The number of thioether (sulfide) groups is 1. The van der Waals surface area contributed by atoms with E-state index in [1.54, 1.807) is 51.4 Å². The van der Waals surface area contributed by atoms with Crippen LogP contribution >= 0.6 is 11.8 Å². The number of aryl methyl sites for hydroxylation is 1. The van der Waals surface area contributed by atoms with Gasteiger partial charge in [0.05, 0.1) is 16.6 Å². The number of amides is 1. The van der Waals surface area contributed by atoms with Gasteiger partial charge >= 0.3 is 0 Å². The van der Waals surface area contributed by atoms with Gasteiger partial charge in [0.25, 0.3) is 10.0 Å². The van der Waals surface area contributed by atoms with E-state index in [0.717, 1.165) is 11.3 Å². The molecule has 0 bridgehead atoms.